The Morgan fingerprint density at radius 1 is 0.872 bits per heavy atom. The number of methoxy groups -OCH3 is 3. The van der Waals surface area contributed by atoms with Crippen LogP contribution in [0.25, 0.3) is 5.76 Å². The molecule has 204 valence electrons. The lowest BCUT2D eigenvalue weighted by Gasteiger charge is -2.27. The number of carbonyl (C=O) groups is 2. The normalized spacial score (nSPS) is 16.9. The molecule has 0 radical (unpaired) electrons. The van der Waals surface area contributed by atoms with Crippen molar-refractivity contribution >= 4 is 17.4 Å². The number of aliphatic hydroxyl groups is 1. The maximum Gasteiger partial charge on any atom is 0.295 e. The third-order valence-corrected chi connectivity index (χ3v) is 7.16. The smallest absolute Gasteiger partial charge is 0.295 e. The van der Waals surface area contributed by atoms with Crippen LogP contribution in [0.2, 0.25) is 0 Å². The van der Waals surface area contributed by atoms with Crippen LogP contribution in [0.3, 0.4) is 0 Å². The maximum atomic E-state index is 13.6. The van der Waals surface area contributed by atoms with Crippen molar-refractivity contribution in [1.82, 2.24) is 4.90 Å². The van der Waals surface area contributed by atoms with Crippen LogP contribution in [-0.2, 0) is 21.5 Å². The van der Waals surface area contributed by atoms with Gasteiger partial charge >= 0.3 is 0 Å². The van der Waals surface area contributed by atoms with Crippen molar-refractivity contribution in [3.63, 3.8) is 0 Å². The number of carbonyl (C=O) groups excluding carboxylic acids is 2. The quantitative estimate of drug-likeness (QED) is 0.232. The van der Waals surface area contributed by atoms with Gasteiger partial charge in [-0.05, 0) is 53.3 Å². The van der Waals surface area contributed by atoms with Crippen LogP contribution in [0, 0.1) is 6.92 Å². The molecule has 0 saturated carbocycles. The molecule has 3 aromatic rings. The van der Waals surface area contributed by atoms with Crippen LogP contribution in [0.15, 0.2) is 66.2 Å². The molecule has 1 aliphatic rings. The molecule has 1 heterocycles. The topological polar surface area (TPSA) is 85.3 Å². The van der Waals surface area contributed by atoms with Crippen molar-refractivity contribution in [2.75, 3.05) is 21.3 Å². The van der Waals surface area contributed by atoms with Crippen LogP contribution in [0.5, 0.6) is 17.2 Å². The highest BCUT2D eigenvalue weighted by atomic mass is 16.5. The number of hydrogen-bond acceptors (Lipinski definition) is 6. The zero-order valence-corrected chi connectivity index (χ0v) is 23.5. The van der Waals surface area contributed by atoms with Gasteiger partial charge in [0.15, 0.2) is 11.5 Å². The first-order valence-corrected chi connectivity index (χ1v) is 12.8. The Morgan fingerprint density at radius 2 is 1.54 bits per heavy atom. The van der Waals surface area contributed by atoms with Gasteiger partial charge < -0.3 is 24.2 Å². The van der Waals surface area contributed by atoms with E-state index in [1.807, 2.05) is 43.3 Å². The lowest BCUT2D eigenvalue weighted by Crippen LogP contribution is -2.29. The summed E-state index contributed by atoms with van der Waals surface area (Å²) in [4.78, 5) is 28.7. The number of hydrogen-bond donors (Lipinski definition) is 1. The predicted octanol–water partition coefficient (Wildman–Crippen LogP) is 5.94. The summed E-state index contributed by atoms with van der Waals surface area (Å²) in [6.07, 6.45) is 0. The summed E-state index contributed by atoms with van der Waals surface area (Å²) in [7, 11) is 4.62. The number of aryl methyl sites for hydroxylation is 1. The minimum Gasteiger partial charge on any atom is -0.507 e. The number of aliphatic hydroxyl groups excluding tert-OH is 1. The van der Waals surface area contributed by atoms with E-state index in [1.54, 1.807) is 31.4 Å². The van der Waals surface area contributed by atoms with Crippen LogP contribution in [-0.4, -0.2) is 43.0 Å². The lowest BCUT2D eigenvalue weighted by molar-refractivity contribution is -0.140. The summed E-state index contributed by atoms with van der Waals surface area (Å²) in [6, 6.07) is 17.5. The summed E-state index contributed by atoms with van der Waals surface area (Å²) in [5, 5.41) is 11.7. The second kappa shape index (κ2) is 10.8. The van der Waals surface area contributed by atoms with Crippen molar-refractivity contribution in [2.24, 2.45) is 0 Å². The Kier molecular flexibility index (Phi) is 7.72. The van der Waals surface area contributed by atoms with E-state index >= 15 is 0 Å². The fourth-order valence-corrected chi connectivity index (χ4v) is 4.92. The number of nitrogens with zero attached hydrogens (tertiary/aromatic N) is 1. The van der Waals surface area contributed by atoms with Gasteiger partial charge in [0, 0.05) is 11.1 Å². The van der Waals surface area contributed by atoms with Gasteiger partial charge in [-0.3, -0.25) is 9.59 Å². The second-order valence-corrected chi connectivity index (χ2v) is 10.6. The molecule has 0 aromatic heterocycles. The number of Topliss-reactive ketones (excluding diaryl/α,β-unsaturated/α-hetero) is 1. The van der Waals surface area contributed by atoms with E-state index in [0.717, 1.165) is 16.7 Å². The highest BCUT2D eigenvalue weighted by molar-refractivity contribution is 6.46. The maximum absolute atomic E-state index is 13.6. The average Bonchev–Trinajstić information content (AvgIpc) is 3.17. The van der Waals surface area contributed by atoms with Crippen molar-refractivity contribution in [1.29, 1.82) is 0 Å². The highest BCUT2D eigenvalue weighted by Gasteiger charge is 2.46. The molecule has 1 aliphatic heterocycles. The van der Waals surface area contributed by atoms with E-state index < -0.39 is 17.7 Å². The van der Waals surface area contributed by atoms with Crippen molar-refractivity contribution in [2.45, 2.75) is 45.7 Å². The molecule has 0 aliphatic carbocycles. The van der Waals surface area contributed by atoms with Gasteiger partial charge in [0.05, 0.1) is 39.5 Å². The number of amides is 1. The number of ketones is 1. The highest BCUT2D eigenvalue weighted by Crippen LogP contribution is 2.44. The number of rotatable bonds is 7. The molecule has 1 unspecified atom stereocenters. The van der Waals surface area contributed by atoms with E-state index in [1.165, 1.54) is 19.1 Å². The SMILES string of the molecule is COc1ccccc1CN1C(=O)C(=O)/C(=C(/O)c2cc(C(C)(C)C)ccc2C)C1c1ccc(OC)c(OC)c1. The van der Waals surface area contributed by atoms with Gasteiger partial charge in [-0.25, -0.2) is 0 Å². The Balaban J connectivity index is 1.96. The van der Waals surface area contributed by atoms with E-state index in [2.05, 4.69) is 20.8 Å². The first-order chi connectivity index (χ1) is 18.5. The molecule has 39 heavy (non-hydrogen) atoms. The number of benzene rings is 3. The Labute approximate surface area is 229 Å². The molecular formula is C32H35NO6. The van der Waals surface area contributed by atoms with Crippen molar-refractivity contribution < 1.29 is 28.9 Å². The van der Waals surface area contributed by atoms with Crippen molar-refractivity contribution in [3.8, 4) is 17.2 Å². The monoisotopic (exact) mass is 529 g/mol. The second-order valence-electron chi connectivity index (χ2n) is 10.6. The third kappa shape index (κ3) is 5.21. The zero-order chi connectivity index (χ0) is 28.5. The average molecular weight is 530 g/mol. The molecule has 7 nitrogen and oxygen atoms in total. The summed E-state index contributed by atoms with van der Waals surface area (Å²) < 4.78 is 16.4. The minimum atomic E-state index is -0.868. The fourth-order valence-electron chi connectivity index (χ4n) is 4.92. The van der Waals surface area contributed by atoms with E-state index in [9.17, 15) is 14.7 Å². The van der Waals surface area contributed by atoms with Gasteiger partial charge in [-0.15, -0.1) is 0 Å². The molecule has 1 amide bonds. The summed E-state index contributed by atoms with van der Waals surface area (Å²) in [5.74, 6) is -0.103. The first-order valence-electron chi connectivity index (χ1n) is 12.8. The van der Waals surface area contributed by atoms with Gasteiger partial charge in [0.2, 0.25) is 0 Å². The predicted molar refractivity (Wildman–Crippen MR) is 150 cm³/mol. The number of likely N-dealkylation sites (tertiary alicyclic amines) is 1. The molecule has 3 aromatic carbocycles. The molecular weight excluding hydrogens is 494 g/mol. The summed E-state index contributed by atoms with van der Waals surface area (Å²) in [6.45, 7) is 8.22. The lowest BCUT2D eigenvalue weighted by atomic mass is 9.84. The van der Waals surface area contributed by atoms with Gasteiger partial charge in [0.1, 0.15) is 11.5 Å². The van der Waals surface area contributed by atoms with Gasteiger partial charge in [0.25, 0.3) is 11.7 Å². The molecule has 1 atom stereocenters. The molecule has 4 rings (SSSR count). The molecule has 0 spiro atoms. The number of para-hydroxylation sites is 1. The molecule has 1 saturated heterocycles. The Bertz CT molecular complexity index is 1450. The fraction of sp³-hybridized carbons (Fsp3) is 0.312. The third-order valence-electron chi connectivity index (χ3n) is 7.16. The van der Waals surface area contributed by atoms with Gasteiger partial charge in [-0.1, -0.05) is 57.2 Å². The van der Waals surface area contributed by atoms with E-state index in [-0.39, 0.29) is 23.3 Å². The van der Waals surface area contributed by atoms with Gasteiger partial charge in [-0.2, -0.15) is 0 Å². The zero-order valence-electron chi connectivity index (χ0n) is 23.5. The van der Waals surface area contributed by atoms with E-state index in [4.69, 9.17) is 14.2 Å². The summed E-state index contributed by atoms with van der Waals surface area (Å²) in [5.41, 5.74) is 3.50. The van der Waals surface area contributed by atoms with Crippen LogP contribution < -0.4 is 14.2 Å². The molecule has 1 N–H and O–H groups in total. The standard InChI is InChI=1S/C32H35NO6/c1-19-12-14-22(32(2,3)4)17-23(19)29(34)27-28(20-13-15-25(38-6)26(16-20)39-7)33(31(36)30(27)35)18-21-10-8-9-11-24(21)37-5/h8-17,28,34H,18H2,1-7H3/b29-27+. The van der Waals surface area contributed by atoms with Crippen LogP contribution >= 0.6 is 0 Å². The molecule has 1 fully saturated rings. The van der Waals surface area contributed by atoms with Crippen LogP contribution in [0.1, 0.15) is 54.6 Å². The first kappa shape index (κ1) is 27.8. The number of ether oxygens (including phenoxy) is 3. The summed E-state index contributed by atoms with van der Waals surface area (Å²) >= 11 is 0. The Hall–Kier alpha value is -4.26. The largest absolute Gasteiger partial charge is 0.507 e. The Morgan fingerprint density at radius 3 is 2.18 bits per heavy atom. The molecule has 0 bridgehead atoms. The van der Waals surface area contributed by atoms with E-state index in [0.29, 0.717) is 28.4 Å². The molecule has 7 heteroatoms. The minimum absolute atomic E-state index is 0.0243. The van der Waals surface area contributed by atoms with Crippen molar-refractivity contribution in [3.05, 3.63) is 94.1 Å². The van der Waals surface area contributed by atoms with Crippen LogP contribution in [0.4, 0.5) is 0 Å².